The van der Waals surface area contributed by atoms with Crippen molar-refractivity contribution in [1.82, 2.24) is 5.06 Å². The summed E-state index contributed by atoms with van der Waals surface area (Å²) < 4.78 is 71.9. The molecule has 0 aromatic carbocycles. The number of hydrogen-bond donors (Lipinski definition) is 0. The highest BCUT2D eigenvalue weighted by Crippen LogP contribution is 2.34. The van der Waals surface area contributed by atoms with E-state index in [9.17, 15) is 26.3 Å². The molecule has 0 spiro atoms. The van der Waals surface area contributed by atoms with Gasteiger partial charge in [0, 0.05) is 0 Å². The van der Waals surface area contributed by atoms with Crippen LogP contribution in [0.4, 0.5) is 26.3 Å². The largest absolute Gasteiger partial charge is 0.500 e. The zero-order chi connectivity index (χ0) is 14.1. The number of halogens is 7. The van der Waals surface area contributed by atoms with E-state index in [0.717, 1.165) is 0 Å². The lowest BCUT2D eigenvalue weighted by Gasteiger charge is -2.25. The minimum absolute atomic E-state index is 0.972. The van der Waals surface area contributed by atoms with E-state index in [1.807, 2.05) is 0 Å². The average Bonchev–Trinajstić information content (AvgIpc) is 1.91. The summed E-state index contributed by atoms with van der Waals surface area (Å²) in [6, 6.07) is 0. The molecule has 102 valence electrons. The maximum Gasteiger partial charge on any atom is 0.500 e. The topological polar surface area (TPSA) is 24.8 Å². The van der Waals surface area contributed by atoms with Crippen molar-refractivity contribution >= 4 is 17.0 Å². The molecule has 0 heterocycles. The van der Waals surface area contributed by atoms with Gasteiger partial charge in [-0.25, -0.2) is 4.99 Å². The van der Waals surface area contributed by atoms with Crippen LogP contribution in [0.25, 0.3) is 0 Å². The number of rotatable bonds is 1. The van der Waals surface area contributed by atoms with E-state index in [1.165, 1.54) is 20.8 Å². The van der Waals surface area contributed by atoms with Gasteiger partial charge >= 0.3 is 18.0 Å². The molecule has 0 aromatic heterocycles. The van der Waals surface area contributed by atoms with Crippen molar-refractivity contribution in [3.63, 3.8) is 0 Å². The van der Waals surface area contributed by atoms with Gasteiger partial charge in [-0.1, -0.05) is 0 Å². The van der Waals surface area contributed by atoms with Crippen molar-refractivity contribution in [3.8, 4) is 0 Å². The molecule has 0 atom stereocenters. The molecule has 0 aromatic rings. The highest BCUT2D eigenvalue weighted by atomic mass is 35.5. The zero-order valence-electron chi connectivity index (χ0n) is 8.95. The molecule has 10 heteroatoms. The van der Waals surface area contributed by atoms with Crippen molar-refractivity contribution in [2.75, 3.05) is 0 Å². The van der Waals surface area contributed by atoms with E-state index in [4.69, 9.17) is 11.6 Å². The van der Waals surface area contributed by atoms with Crippen LogP contribution in [0.5, 0.6) is 0 Å². The van der Waals surface area contributed by atoms with Gasteiger partial charge in [-0.3, -0.25) is 0 Å². The van der Waals surface area contributed by atoms with Crippen molar-refractivity contribution in [1.29, 1.82) is 0 Å². The third-order valence-corrected chi connectivity index (χ3v) is 1.20. The van der Waals surface area contributed by atoms with Gasteiger partial charge in [0.1, 0.15) is 0 Å². The maximum atomic E-state index is 12.0. The molecule has 17 heavy (non-hydrogen) atoms. The second-order valence-electron chi connectivity index (χ2n) is 3.86. The lowest BCUT2D eigenvalue weighted by atomic mass is 10.1. The zero-order valence-corrected chi connectivity index (χ0v) is 9.70. The second kappa shape index (κ2) is 4.89. The van der Waals surface area contributed by atoms with Crippen molar-refractivity contribution in [2.45, 2.75) is 38.9 Å². The molecule has 0 saturated heterocycles. The molecule has 0 radical (unpaired) electrons. The number of hydrogen-bond acceptors (Lipinski definition) is 3. The molecule has 3 nitrogen and oxygen atoms in total. The molecule has 0 fully saturated rings. The normalized spacial score (nSPS) is 15.4. The summed E-state index contributed by atoms with van der Waals surface area (Å²) in [6.45, 7) is 4.26. The summed E-state index contributed by atoms with van der Waals surface area (Å²) in [6.07, 6.45) is -11.5. The predicted molar refractivity (Wildman–Crippen MR) is 48.1 cm³/mol. The lowest BCUT2D eigenvalue weighted by molar-refractivity contribution is -0.460. The quantitative estimate of drug-likeness (QED) is 0.242. The van der Waals surface area contributed by atoms with Crippen molar-refractivity contribution < 1.29 is 31.2 Å². The molecule has 0 aliphatic rings. The van der Waals surface area contributed by atoms with Crippen LogP contribution in [-0.4, -0.2) is 28.6 Å². The Hall–Kier alpha value is -0.700. The molecule has 0 aliphatic carbocycles. The van der Waals surface area contributed by atoms with E-state index < -0.39 is 28.6 Å². The molecule has 0 bridgehead atoms. The van der Waals surface area contributed by atoms with Gasteiger partial charge < -0.3 is 4.84 Å². The molecule has 0 aliphatic heterocycles. The summed E-state index contributed by atoms with van der Waals surface area (Å²) in [7, 11) is 0. The fourth-order valence-corrected chi connectivity index (χ4v) is 0.929. The van der Waals surface area contributed by atoms with Gasteiger partial charge in [-0.05, 0) is 32.4 Å². The molecule has 0 unspecified atom stereocenters. The van der Waals surface area contributed by atoms with Crippen molar-refractivity contribution in [2.24, 2.45) is 4.99 Å². The fourth-order valence-electron chi connectivity index (χ4n) is 0.607. The van der Waals surface area contributed by atoms with Crippen LogP contribution < -0.4 is 0 Å². The second-order valence-corrected chi connectivity index (χ2v) is 4.18. The first-order valence-electron chi connectivity index (χ1n) is 4.10. The molecule has 0 rings (SSSR count). The van der Waals surface area contributed by atoms with Gasteiger partial charge in [-0.2, -0.15) is 26.3 Å². The summed E-state index contributed by atoms with van der Waals surface area (Å²) in [5.41, 5.74) is -0.972. The van der Waals surface area contributed by atoms with Crippen LogP contribution in [0.1, 0.15) is 20.8 Å². The van der Waals surface area contributed by atoms with Gasteiger partial charge in [-0.15, -0.1) is 0 Å². The van der Waals surface area contributed by atoms with Gasteiger partial charge in [0.2, 0.25) is 0 Å². The Morgan fingerprint density at radius 2 is 1.35 bits per heavy atom. The Kier molecular flexibility index (Phi) is 4.69. The number of nitrogens with zero attached hydrogens (tertiary/aromatic N) is 2. The Balaban J connectivity index is 4.99. The van der Waals surface area contributed by atoms with E-state index in [1.54, 1.807) is 0 Å². The SMILES string of the molecule is CC(C)(C)N=C(Cl)ON(C(F)(F)F)C(F)(F)F. The fraction of sp³-hybridized carbons (Fsp3) is 0.857. The minimum Gasteiger partial charge on any atom is -0.357 e. The van der Waals surface area contributed by atoms with Crippen molar-refractivity contribution in [3.05, 3.63) is 0 Å². The minimum atomic E-state index is -5.77. The average molecular weight is 287 g/mol. The first-order valence-corrected chi connectivity index (χ1v) is 4.48. The van der Waals surface area contributed by atoms with E-state index in [2.05, 4.69) is 9.83 Å². The molecule has 0 saturated carbocycles. The number of hydroxylamine groups is 2. The van der Waals surface area contributed by atoms with Crippen LogP contribution in [0.15, 0.2) is 4.99 Å². The highest BCUT2D eigenvalue weighted by molar-refractivity contribution is 6.62. The van der Waals surface area contributed by atoms with Crippen LogP contribution in [0, 0.1) is 0 Å². The van der Waals surface area contributed by atoms with Crippen LogP contribution in [-0.2, 0) is 4.84 Å². The van der Waals surface area contributed by atoms with Crippen LogP contribution in [0.2, 0.25) is 0 Å². The molecule has 0 N–H and O–H groups in total. The predicted octanol–water partition coefficient (Wildman–Crippen LogP) is 3.65. The summed E-state index contributed by atoms with van der Waals surface area (Å²) >= 11 is 5.06. The summed E-state index contributed by atoms with van der Waals surface area (Å²) in [5, 5.41) is -3.38. The van der Waals surface area contributed by atoms with E-state index in [-0.39, 0.29) is 0 Å². The number of alkyl halides is 6. The highest BCUT2D eigenvalue weighted by Gasteiger charge is 2.57. The Labute approximate surface area is 97.9 Å². The monoisotopic (exact) mass is 286 g/mol. The van der Waals surface area contributed by atoms with E-state index in [0.29, 0.717) is 0 Å². The first-order chi connectivity index (χ1) is 7.23. The standard InChI is InChI=1S/C7H9ClF6N2O/c1-5(2,3)15-4(8)17-16(6(9,10)11)7(12,13)14/h1-3H3. The molecular formula is C7H9ClF6N2O. The molecule has 0 amide bonds. The smallest absolute Gasteiger partial charge is 0.357 e. The Bertz CT molecular complexity index is 278. The van der Waals surface area contributed by atoms with Crippen LogP contribution >= 0.6 is 11.6 Å². The third-order valence-electron chi connectivity index (χ3n) is 1.05. The number of aliphatic imine (C=N–C) groups is 1. The van der Waals surface area contributed by atoms with E-state index >= 15 is 0 Å². The Morgan fingerprint density at radius 3 is 1.59 bits per heavy atom. The van der Waals surface area contributed by atoms with Gasteiger partial charge in [0.15, 0.2) is 0 Å². The van der Waals surface area contributed by atoms with Gasteiger partial charge in [0.05, 0.1) is 10.6 Å². The summed E-state index contributed by atoms with van der Waals surface area (Å²) in [4.78, 5) is 6.75. The summed E-state index contributed by atoms with van der Waals surface area (Å²) in [5.74, 6) is 0. The first kappa shape index (κ1) is 16.3. The van der Waals surface area contributed by atoms with Crippen LogP contribution in [0.3, 0.4) is 0 Å². The third kappa shape index (κ3) is 6.57. The Morgan fingerprint density at radius 1 is 1.00 bits per heavy atom. The lowest BCUT2D eigenvalue weighted by Crippen LogP contribution is -2.48. The maximum absolute atomic E-state index is 12.0. The van der Waals surface area contributed by atoms with Gasteiger partial charge in [0.25, 0.3) is 0 Å². The molecular weight excluding hydrogens is 278 g/mol.